The Morgan fingerprint density at radius 1 is 1.40 bits per heavy atom. The first-order valence-electron chi connectivity index (χ1n) is 5.95. The Labute approximate surface area is 118 Å². The normalized spacial score (nSPS) is 21.8. The number of aryl methyl sites for hydroxylation is 1. The van der Waals surface area contributed by atoms with Crippen molar-refractivity contribution in [2.24, 2.45) is 0 Å². The van der Waals surface area contributed by atoms with Gasteiger partial charge in [0.1, 0.15) is 22.7 Å². The second-order valence-electron chi connectivity index (χ2n) is 4.70. The van der Waals surface area contributed by atoms with Gasteiger partial charge in [0.2, 0.25) is 0 Å². The van der Waals surface area contributed by atoms with Crippen LogP contribution in [0.15, 0.2) is 12.1 Å². The van der Waals surface area contributed by atoms with Gasteiger partial charge in [0, 0.05) is 5.75 Å². The molecule has 1 saturated heterocycles. The molecule has 1 fully saturated rings. The van der Waals surface area contributed by atoms with Crippen LogP contribution < -0.4 is 5.32 Å². The van der Waals surface area contributed by atoms with Gasteiger partial charge in [-0.05, 0) is 30.7 Å². The van der Waals surface area contributed by atoms with Crippen molar-refractivity contribution >= 4 is 23.6 Å². The molecule has 2 N–H and O–H groups in total. The molecule has 1 aliphatic rings. The Morgan fingerprint density at radius 2 is 2.10 bits per heavy atom. The number of hydrogen-bond acceptors (Lipinski definition) is 3. The molecule has 20 heavy (non-hydrogen) atoms. The number of carboxylic acid groups (broad SMARTS) is 1. The van der Waals surface area contributed by atoms with Gasteiger partial charge >= 0.3 is 5.97 Å². The predicted molar refractivity (Wildman–Crippen MR) is 70.9 cm³/mol. The van der Waals surface area contributed by atoms with Gasteiger partial charge in [-0.1, -0.05) is 6.07 Å². The van der Waals surface area contributed by atoms with Crippen LogP contribution in [-0.2, 0) is 4.79 Å². The third-order valence-electron chi connectivity index (χ3n) is 3.30. The highest BCUT2D eigenvalue weighted by Gasteiger charge is 2.44. The van der Waals surface area contributed by atoms with Crippen molar-refractivity contribution in [3.05, 3.63) is 34.9 Å². The van der Waals surface area contributed by atoms with E-state index in [0.29, 0.717) is 5.75 Å². The third kappa shape index (κ3) is 2.49. The topological polar surface area (TPSA) is 66.4 Å². The summed E-state index contributed by atoms with van der Waals surface area (Å²) in [6.07, 6.45) is 0.230. The van der Waals surface area contributed by atoms with Gasteiger partial charge in [0.25, 0.3) is 5.91 Å². The van der Waals surface area contributed by atoms with Crippen LogP contribution in [0.1, 0.15) is 22.3 Å². The van der Waals surface area contributed by atoms with Crippen molar-refractivity contribution in [3.63, 3.8) is 0 Å². The number of aliphatic carboxylic acids is 1. The number of nitrogens with one attached hydrogen (secondary N) is 1. The second kappa shape index (κ2) is 5.40. The molecule has 0 spiro atoms. The zero-order chi connectivity index (χ0) is 14.9. The van der Waals surface area contributed by atoms with Crippen LogP contribution in [0.25, 0.3) is 0 Å². The number of amides is 1. The molecule has 4 nitrogen and oxygen atoms in total. The summed E-state index contributed by atoms with van der Waals surface area (Å²) in [6.45, 7) is 1.41. The Morgan fingerprint density at radius 3 is 2.65 bits per heavy atom. The summed E-state index contributed by atoms with van der Waals surface area (Å²) in [4.78, 5) is 23.4. The molecule has 1 aliphatic heterocycles. The molecule has 108 valence electrons. The molecule has 0 aromatic heterocycles. The van der Waals surface area contributed by atoms with Crippen molar-refractivity contribution in [1.29, 1.82) is 0 Å². The van der Waals surface area contributed by atoms with Gasteiger partial charge < -0.3 is 10.4 Å². The lowest BCUT2D eigenvalue weighted by atomic mass is 9.98. The van der Waals surface area contributed by atoms with Crippen molar-refractivity contribution in [2.75, 3.05) is 11.5 Å². The monoisotopic (exact) mass is 301 g/mol. The molecule has 1 aromatic carbocycles. The first-order chi connectivity index (χ1) is 9.37. The van der Waals surface area contributed by atoms with Crippen LogP contribution in [0, 0.1) is 18.6 Å². The minimum atomic E-state index is -1.45. The molecule has 0 radical (unpaired) electrons. The van der Waals surface area contributed by atoms with Crippen LogP contribution in [-0.4, -0.2) is 34.0 Å². The molecular weight excluding hydrogens is 288 g/mol. The van der Waals surface area contributed by atoms with E-state index in [4.69, 9.17) is 0 Å². The molecule has 2 rings (SSSR count). The van der Waals surface area contributed by atoms with E-state index in [2.05, 4.69) is 5.32 Å². The van der Waals surface area contributed by atoms with Crippen LogP contribution in [0.5, 0.6) is 0 Å². The van der Waals surface area contributed by atoms with Crippen LogP contribution in [0.2, 0.25) is 0 Å². The van der Waals surface area contributed by atoms with Gasteiger partial charge in [-0.25, -0.2) is 13.6 Å². The number of rotatable bonds is 3. The number of hydrogen-bond donors (Lipinski definition) is 2. The zero-order valence-corrected chi connectivity index (χ0v) is 11.5. The Kier molecular flexibility index (Phi) is 3.99. The maximum absolute atomic E-state index is 13.9. The zero-order valence-electron chi connectivity index (χ0n) is 10.7. The lowest BCUT2D eigenvalue weighted by molar-refractivity contribution is -0.143. The average Bonchev–Trinajstić information content (AvgIpc) is 2.84. The highest BCUT2D eigenvalue weighted by Crippen LogP contribution is 2.29. The van der Waals surface area contributed by atoms with Gasteiger partial charge in [0.15, 0.2) is 0 Å². The molecule has 1 unspecified atom stereocenters. The van der Waals surface area contributed by atoms with Crippen molar-refractivity contribution < 1.29 is 23.5 Å². The molecule has 0 saturated carbocycles. The summed E-state index contributed by atoms with van der Waals surface area (Å²) in [5.41, 5.74) is -2.06. The highest BCUT2D eigenvalue weighted by molar-refractivity contribution is 7.99. The van der Waals surface area contributed by atoms with Gasteiger partial charge in [-0.3, -0.25) is 4.79 Å². The van der Waals surface area contributed by atoms with E-state index >= 15 is 0 Å². The van der Waals surface area contributed by atoms with Crippen molar-refractivity contribution in [2.45, 2.75) is 18.9 Å². The maximum atomic E-state index is 13.9. The van der Waals surface area contributed by atoms with Crippen LogP contribution >= 0.6 is 11.8 Å². The van der Waals surface area contributed by atoms with Gasteiger partial charge in [0.05, 0.1) is 0 Å². The maximum Gasteiger partial charge on any atom is 0.330 e. The standard InChI is InChI=1S/C13H13F2NO3S/c1-7-2-3-8(14)9(10(7)15)11(17)16-13(12(18)19)4-5-20-6-13/h2-3H,4-6H2,1H3,(H,16,17)(H,18,19). The Hall–Kier alpha value is -1.63. The van der Waals surface area contributed by atoms with E-state index in [1.165, 1.54) is 24.8 Å². The summed E-state index contributed by atoms with van der Waals surface area (Å²) < 4.78 is 27.5. The molecule has 1 amide bonds. The fraction of sp³-hybridized carbons (Fsp3) is 0.385. The van der Waals surface area contributed by atoms with E-state index in [0.717, 1.165) is 6.07 Å². The summed E-state index contributed by atoms with van der Waals surface area (Å²) >= 11 is 1.38. The third-order valence-corrected chi connectivity index (χ3v) is 4.48. The summed E-state index contributed by atoms with van der Waals surface area (Å²) in [6, 6.07) is 2.21. The first-order valence-corrected chi connectivity index (χ1v) is 7.11. The molecule has 0 aliphatic carbocycles. The fourth-order valence-corrected chi connectivity index (χ4v) is 3.36. The first kappa shape index (κ1) is 14.8. The number of benzene rings is 1. The van der Waals surface area contributed by atoms with Gasteiger partial charge in [-0.2, -0.15) is 11.8 Å². The Bertz CT molecular complexity index is 571. The molecule has 1 aromatic rings. The molecular formula is C13H13F2NO3S. The molecule has 7 heteroatoms. The van der Waals surface area contributed by atoms with Crippen molar-refractivity contribution in [1.82, 2.24) is 5.32 Å². The molecule has 0 bridgehead atoms. The smallest absolute Gasteiger partial charge is 0.330 e. The average molecular weight is 301 g/mol. The van der Waals surface area contributed by atoms with Gasteiger partial charge in [-0.15, -0.1) is 0 Å². The summed E-state index contributed by atoms with van der Waals surface area (Å²) in [5, 5.41) is 11.5. The van der Waals surface area contributed by atoms with Crippen LogP contribution in [0.4, 0.5) is 8.78 Å². The van der Waals surface area contributed by atoms with E-state index in [1.54, 1.807) is 0 Å². The minimum absolute atomic E-state index is 0.127. The summed E-state index contributed by atoms with van der Waals surface area (Å²) in [7, 11) is 0. The number of carboxylic acids is 1. The summed E-state index contributed by atoms with van der Waals surface area (Å²) in [5.74, 6) is -3.43. The van der Waals surface area contributed by atoms with Crippen LogP contribution in [0.3, 0.4) is 0 Å². The predicted octanol–water partition coefficient (Wildman–Crippen LogP) is 1.96. The SMILES string of the molecule is Cc1ccc(F)c(C(=O)NC2(C(=O)O)CCSC2)c1F. The number of thioether (sulfide) groups is 1. The largest absolute Gasteiger partial charge is 0.479 e. The number of carbonyl (C=O) groups excluding carboxylic acids is 1. The second-order valence-corrected chi connectivity index (χ2v) is 5.80. The lowest BCUT2D eigenvalue weighted by Crippen LogP contribution is -2.55. The highest BCUT2D eigenvalue weighted by atomic mass is 32.2. The lowest BCUT2D eigenvalue weighted by Gasteiger charge is -2.24. The van der Waals surface area contributed by atoms with E-state index in [9.17, 15) is 23.5 Å². The van der Waals surface area contributed by atoms with E-state index < -0.39 is 34.6 Å². The Balaban J connectivity index is 2.33. The van der Waals surface area contributed by atoms with E-state index in [1.807, 2.05) is 0 Å². The number of carbonyl (C=O) groups is 2. The molecule has 1 heterocycles. The molecule has 1 atom stereocenters. The fourth-order valence-electron chi connectivity index (χ4n) is 2.03. The minimum Gasteiger partial charge on any atom is -0.479 e. The van der Waals surface area contributed by atoms with Crippen molar-refractivity contribution in [3.8, 4) is 0 Å². The van der Waals surface area contributed by atoms with E-state index in [-0.39, 0.29) is 17.7 Å². The number of halogens is 2. The quantitative estimate of drug-likeness (QED) is 0.895.